The van der Waals surface area contributed by atoms with Crippen molar-refractivity contribution in [3.8, 4) is 0 Å². The monoisotopic (exact) mass is 266 g/mol. The highest BCUT2D eigenvalue weighted by molar-refractivity contribution is 5.87. The van der Waals surface area contributed by atoms with Crippen molar-refractivity contribution >= 4 is 11.9 Å². The molecule has 1 aromatic heterocycles. The number of hydrogen-bond acceptors (Lipinski definition) is 4. The minimum Gasteiger partial charge on any atom is -0.480 e. The Labute approximate surface area is 111 Å². The van der Waals surface area contributed by atoms with Gasteiger partial charge in [-0.25, -0.2) is 4.79 Å². The molecule has 0 saturated heterocycles. The molecular formula is C13H18N2O4. The summed E-state index contributed by atoms with van der Waals surface area (Å²) in [5, 5.41) is 15.6. The van der Waals surface area contributed by atoms with Crippen LogP contribution in [0, 0.1) is 13.8 Å². The summed E-state index contributed by atoms with van der Waals surface area (Å²) in [6.07, 6.45) is 2.63. The fraction of sp³-hybridized carbons (Fsp3) is 0.615. The number of nitrogens with one attached hydrogen (secondary N) is 1. The van der Waals surface area contributed by atoms with Crippen LogP contribution in [0.4, 0.5) is 0 Å². The SMILES string of the molecule is Cc1noc(C)c1CCC(=O)NC1(C(=O)O)CCC1. The number of aryl methyl sites for hydroxylation is 2. The van der Waals surface area contributed by atoms with Gasteiger partial charge in [0.05, 0.1) is 5.69 Å². The van der Waals surface area contributed by atoms with Gasteiger partial charge in [-0.3, -0.25) is 4.79 Å². The topological polar surface area (TPSA) is 92.4 Å². The quantitative estimate of drug-likeness (QED) is 0.839. The standard InChI is InChI=1S/C13H18N2O4/c1-8-10(9(2)19-15-8)4-5-11(16)14-13(12(17)18)6-3-7-13/h3-7H2,1-2H3,(H,14,16)(H,17,18). The fourth-order valence-corrected chi connectivity index (χ4v) is 2.35. The number of hydrogen-bond donors (Lipinski definition) is 2. The third-order valence-corrected chi connectivity index (χ3v) is 3.78. The molecule has 2 rings (SSSR count). The van der Waals surface area contributed by atoms with E-state index in [2.05, 4.69) is 10.5 Å². The molecule has 6 heteroatoms. The van der Waals surface area contributed by atoms with Crippen molar-refractivity contribution in [3.05, 3.63) is 17.0 Å². The lowest BCUT2D eigenvalue weighted by molar-refractivity contribution is -0.151. The van der Waals surface area contributed by atoms with E-state index < -0.39 is 11.5 Å². The van der Waals surface area contributed by atoms with Gasteiger partial charge in [-0.05, 0) is 39.5 Å². The van der Waals surface area contributed by atoms with E-state index in [0.717, 1.165) is 17.7 Å². The summed E-state index contributed by atoms with van der Waals surface area (Å²) in [6, 6.07) is 0. The van der Waals surface area contributed by atoms with Gasteiger partial charge >= 0.3 is 5.97 Å². The van der Waals surface area contributed by atoms with Crippen LogP contribution in [-0.2, 0) is 16.0 Å². The van der Waals surface area contributed by atoms with Crippen molar-refractivity contribution in [1.29, 1.82) is 0 Å². The van der Waals surface area contributed by atoms with Crippen molar-refractivity contribution < 1.29 is 19.2 Å². The highest BCUT2D eigenvalue weighted by atomic mass is 16.5. The van der Waals surface area contributed by atoms with E-state index in [1.807, 2.05) is 6.92 Å². The average molecular weight is 266 g/mol. The van der Waals surface area contributed by atoms with Gasteiger partial charge in [0.15, 0.2) is 0 Å². The maximum atomic E-state index is 11.8. The molecule has 0 aromatic carbocycles. The Morgan fingerprint density at radius 3 is 2.53 bits per heavy atom. The predicted octanol–water partition coefficient (Wildman–Crippen LogP) is 1.35. The zero-order valence-electron chi connectivity index (χ0n) is 11.2. The summed E-state index contributed by atoms with van der Waals surface area (Å²) in [6.45, 7) is 3.63. The predicted molar refractivity (Wildman–Crippen MR) is 66.7 cm³/mol. The first-order chi connectivity index (χ1) is 8.94. The molecule has 1 aliphatic rings. The molecule has 104 valence electrons. The van der Waals surface area contributed by atoms with Crippen LogP contribution in [0.1, 0.15) is 42.7 Å². The minimum atomic E-state index is -1.03. The van der Waals surface area contributed by atoms with Crippen LogP contribution in [-0.4, -0.2) is 27.7 Å². The van der Waals surface area contributed by atoms with Gasteiger partial charge in [0, 0.05) is 12.0 Å². The Morgan fingerprint density at radius 2 is 2.11 bits per heavy atom. The van der Waals surface area contributed by atoms with Crippen molar-refractivity contribution in [2.24, 2.45) is 0 Å². The summed E-state index contributed by atoms with van der Waals surface area (Å²) in [5.74, 6) is -0.464. The third kappa shape index (κ3) is 2.62. The van der Waals surface area contributed by atoms with E-state index in [9.17, 15) is 9.59 Å². The zero-order chi connectivity index (χ0) is 14.0. The molecule has 1 heterocycles. The molecular weight excluding hydrogens is 248 g/mol. The maximum Gasteiger partial charge on any atom is 0.329 e. The van der Waals surface area contributed by atoms with E-state index >= 15 is 0 Å². The number of aliphatic carboxylic acids is 1. The summed E-state index contributed by atoms with van der Waals surface area (Å²) in [7, 11) is 0. The molecule has 1 saturated carbocycles. The largest absolute Gasteiger partial charge is 0.480 e. The van der Waals surface area contributed by atoms with Crippen LogP contribution in [0.2, 0.25) is 0 Å². The summed E-state index contributed by atoms with van der Waals surface area (Å²) in [5.41, 5.74) is 0.672. The highest BCUT2D eigenvalue weighted by Crippen LogP contribution is 2.32. The van der Waals surface area contributed by atoms with Crippen molar-refractivity contribution in [2.75, 3.05) is 0 Å². The molecule has 0 atom stereocenters. The molecule has 0 bridgehead atoms. The van der Waals surface area contributed by atoms with E-state index in [-0.39, 0.29) is 12.3 Å². The molecule has 19 heavy (non-hydrogen) atoms. The fourth-order valence-electron chi connectivity index (χ4n) is 2.35. The average Bonchev–Trinajstić information content (AvgIpc) is 2.61. The second-order valence-electron chi connectivity index (χ2n) is 5.09. The van der Waals surface area contributed by atoms with E-state index in [1.54, 1.807) is 6.92 Å². The smallest absolute Gasteiger partial charge is 0.329 e. The number of amides is 1. The maximum absolute atomic E-state index is 11.8. The number of aromatic nitrogens is 1. The lowest BCUT2D eigenvalue weighted by atomic mass is 9.76. The van der Waals surface area contributed by atoms with Gasteiger partial charge in [0.2, 0.25) is 5.91 Å². The number of carboxylic acid groups (broad SMARTS) is 1. The number of rotatable bonds is 5. The lowest BCUT2D eigenvalue weighted by Gasteiger charge is -2.38. The summed E-state index contributed by atoms with van der Waals surface area (Å²) in [4.78, 5) is 23.0. The second kappa shape index (κ2) is 5.03. The van der Waals surface area contributed by atoms with Crippen LogP contribution in [0.5, 0.6) is 0 Å². The molecule has 0 radical (unpaired) electrons. The normalized spacial score (nSPS) is 16.7. The lowest BCUT2D eigenvalue weighted by Crippen LogP contribution is -2.59. The molecule has 0 aliphatic heterocycles. The Balaban J connectivity index is 1.90. The van der Waals surface area contributed by atoms with Crippen molar-refractivity contribution in [3.63, 3.8) is 0 Å². The Bertz CT molecular complexity index is 483. The molecule has 1 aliphatic carbocycles. The van der Waals surface area contributed by atoms with E-state index in [0.29, 0.717) is 25.0 Å². The number of carboxylic acids is 1. The van der Waals surface area contributed by atoms with Gasteiger partial charge < -0.3 is 14.9 Å². The van der Waals surface area contributed by atoms with Gasteiger partial charge in [-0.1, -0.05) is 5.16 Å². The molecule has 1 fully saturated rings. The summed E-state index contributed by atoms with van der Waals surface area (Å²) >= 11 is 0. The second-order valence-corrected chi connectivity index (χ2v) is 5.09. The van der Waals surface area contributed by atoms with Crippen LogP contribution >= 0.6 is 0 Å². The van der Waals surface area contributed by atoms with E-state index in [4.69, 9.17) is 9.63 Å². The molecule has 1 aromatic rings. The Hall–Kier alpha value is -1.85. The van der Waals surface area contributed by atoms with E-state index in [1.165, 1.54) is 0 Å². The van der Waals surface area contributed by atoms with Crippen molar-refractivity contribution in [2.45, 2.75) is 51.5 Å². The highest BCUT2D eigenvalue weighted by Gasteiger charge is 2.45. The van der Waals surface area contributed by atoms with Crippen LogP contribution < -0.4 is 5.32 Å². The molecule has 2 N–H and O–H groups in total. The van der Waals surface area contributed by atoms with Gasteiger partial charge in [-0.15, -0.1) is 0 Å². The first-order valence-corrected chi connectivity index (χ1v) is 6.41. The molecule has 1 amide bonds. The number of carbonyl (C=O) groups is 2. The molecule has 6 nitrogen and oxygen atoms in total. The third-order valence-electron chi connectivity index (χ3n) is 3.78. The van der Waals surface area contributed by atoms with Gasteiger partial charge in [0.1, 0.15) is 11.3 Å². The first kappa shape index (κ1) is 13.6. The van der Waals surface area contributed by atoms with Crippen LogP contribution in [0.3, 0.4) is 0 Å². The number of carbonyl (C=O) groups excluding carboxylic acids is 1. The Kier molecular flexibility index (Phi) is 3.59. The zero-order valence-corrected chi connectivity index (χ0v) is 11.2. The molecule has 0 spiro atoms. The molecule has 0 unspecified atom stereocenters. The minimum absolute atomic E-state index is 0.234. The number of nitrogens with zero attached hydrogens (tertiary/aromatic N) is 1. The van der Waals surface area contributed by atoms with Crippen molar-refractivity contribution in [1.82, 2.24) is 10.5 Å². The first-order valence-electron chi connectivity index (χ1n) is 6.41. The van der Waals surface area contributed by atoms with Crippen LogP contribution in [0.15, 0.2) is 4.52 Å². The van der Waals surface area contributed by atoms with Crippen LogP contribution in [0.25, 0.3) is 0 Å². The van der Waals surface area contributed by atoms with Gasteiger partial charge in [0.25, 0.3) is 0 Å². The Morgan fingerprint density at radius 1 is 1.42 bits per heavy atom. The summed E-state index contributed by atoms with van der Waals surface area (Å²) < 4.78 is 5.02. The van der Waals surface area contributed by atoms with Gasteiger partial charge in [-0.2, -0.15) is 0 Å².